The highest BCUT2D eigenvalue weighted by molar-refractivity contribution is 7.84. The number of nitrogens with one attached hydrogen (secondary N) is 1. The molecule has 1 aliphatic rings. The van der Waals surface area contributed by atoms with Crippen molar-refractivity contribution < 1.29 is 4.21 Å². The summed E-state index contributed by atoms with van der Waals surface area (Å²) in [5, 5.41) is 3.44. The van der Waals surface area contributed by atoms with Crippen LogP contribution in [0.4, 0.5) is 0 Å². The molecule has 1 aliphatic heterocycles. The standard InChI is InChI=1S/C9H20N2OS/c1-8-6-9(7-11(8)2)10-4-5-13(3)12/h8-10H,4-7H2,1-3H3. The van der Waals surface area contributed by atoms with Crippen molar-refractivity contribution in [3.8, 4) is 0 Å². The Kier molecular flexibility index (Phi) is 4.35. The zero-order chi connectivity index (χ0) is 9.84. The predicted molar refractivity (Wildman–Crippen MR) is 57.4 cm³/mol. The zero-order valence-electron chi connectivity index (χ0n) is 8.75. The first kappa shape index (κ1) is 11.1. The van der Waals surface area contributed by atoms with E-state index in [1.165, 1.54) is 6.42 Å². The molecule has 0 bridgehead atoms. The normalized spacial score (nSPS) is 32.2. The van der Waals surface area contributed by atoms with Crippen molar-refractivity contribution in [2.75, 3.05) is 32.1 Å². The smallest absolute Gasteiger partial charge is 0.0357 e. The van der Waals surface area contributed by atoms with E-state index >= 15 is 0 Å². The van der Waals surface area contributed by atoms with Gasteiger partial charge in [0, 0.05) is 48.0 Å². The summed E-state index contributed by atoms with van der Waals surface area (Å²) in [5.41, 5.74) is 0. The average Bonchev–Trinajstić information content (AvgIpc) is 2.30. The van der Waals surface area contributed by atoms with Gasteiger partial charge in [0.25, 0.3) is 0 Å². The largest absolute Gasteiger partial charge is 0.312 e. The Morgan fingerprint density at radius 1 is 1.62 bits per heavy atom. The maximum absolute atomic E-state index is 10.8. The molecule has 1 rings (SSSR count). The van der Waals surface area contributed by atoms with Gasteiger partial charge in [-0.3, -0.25) is 4.21 Å². The van der Waals surface area contributed by atoms with Crippen LogP contribution in [0.3, 0.4) is 0 Å². The lowest BCUT2D eigenvalue weighted by Gasteiger charge is -2.12. The Balaban J connectivity index is 2.13. The summed E-state index contributed by atoms with van der Waals surface area (Å²) in [6.07, 6.45) is 2.97. The molecular formula is C9H20N2OS. The fourth-order valence-corrected chi connectivity index (χ4v) is 2.15. The van der Waals surface area contributed by atoms with Crippen LogP contribution >= 0.6 is 0 Å². The molecule has 3 unspecified atom stereocenters. The quantitative estimate of drug-likeness (QED) is 0.702. The van der Waals surface area contributed by atoms with Crippen molar-refractivity contribution in [3.05, 3.63) is 0 Å². The van der Waals surface area contributed by atoms with Gasteiger partial charge in [0.2, 0.25) is 0 Å². The number of hydrogen-bond donors (Lipinski definition) is 1. The molecule has 0 radical (unpaired) electrons. The lowest BCUT2D eigenvalue weighted by molar-refractivity contribution is 0.327. The molecule has 1 N–H and O–H groups in total. The van der Waals surface area contributed by atoms with Gasteiger partial charge in [0.1, 0.15) is 0 Å². The number of nitrogens with zero attached hydrogens (tertiary/aromatic N) is 1. The lowest BCUT2D eigenvalue weighted by atomic mass is 10.2. The zero-order valence-corrected chi connectivity index (χ0v) is 9.56. The molecule has 1 fully saturated rings. The molecule has 4 heteroatoms. The molecule has 13 heavy (non-hydrogen) atoms. The highest BCUT2D eigenvalue weighted by atomic mass is 32.2. The number of hydrogen-bond acceptors (Lipinski definition) is 3. The number of likely N-dealkylation sites (N-methyl/N-ethyl adjacent to an activating group) is 1. The second kappa shape index (κ2) is 5.08. The van der Waals surface area contributed by atoms with Gasteiger partial charge in [-0.15, -0.1) is 0 Å². The SMILES string of the molecule is CC1CC(NCCS(C)=O)CN1C. The molecule has 0 aliphatic carbocycles. The van der Waals surface area contributed by atoms with E-state index < -0.39 is 10.8 Å². The third kappa shape index (κ3) is 3.75. The van der Waals surface area contributed by atoms with E-state index in [9.17, 15) is 4.21 Å². The predicted octanol–water partition coefficient (Wildman–Crippen LogP) is 0.0471. The Hall–Kier alpha value is 0.0700. The van der Waals surface area contributed by atoms with Crippen LogP contribution in [0.2, 0.25) is 0 Å². The summed E-state index contributed by atoms with van der Waals surface area (Å²) < 4.78 is 10.8. The van der Waals surface area contributed by atoms with Gasteiger partial charge in [-0.1, -0.05) is 0 Å². The van der Waals surface area contributed by atoms with Gasteiger partial charge in [0.15, 0.2) is 0 Å². The highest BCUT2D eigenvalue weighted by Crippen LogP contribution is 2.14. The van der Waals surface area contributed by atoms with Gasteiger partial charge < -0.3 is 10.2 Å². The van der Waals surface area contributed by atoms with Crippen LogP contribution in [0.1, 0.15) is 13.3 Å². The summed E-state index contributed by atoms with van der Waals surface area (Å²) in [7, 11) is 1.50. The topological polar surface area (TPSA) is 32.3 Å². The van der Waals surface area contributed by atoms with E-state index in [2.05, 4.69) is 24.2 Å². The lowest BCUT2D eigenvalue weighted by Crippen LogP contribution is -2.34. The monoisotopic (exact) mass is 204 g/mol. The van der Waals surface area contributed by atoms with E-state index in [0.717, 1.165) is 18.8 Å². The second-order valence-corrected chi connectivity index (χ2v) is 5.51. The molecule has 0 amide bonds. The van der Waals surface area contributed by atoms with Crippen LogP contribution in [0.5, 0.6) is 0 Å². The van der Waals surface area contributed by atoms with Crippen LogP contribution in [0.15, 0.2) is 0 Å². The molecule has 0 aromatic heterocycles. The molecule has 3 nitrogen and oxygen atoms in total. The van der Waals surface area contributed by atoms with Crippen molar-refractivity contribution in [2.24, 2.45) is 0 Å². The van der Waals surface area contributed by atoms with Crippen molar-refractivity contribution in [2.45, 2.75) is 25.4 Å². The van der Waals surface area contributed by atoms with Crippen LogP contribution in [0, 0.1) is 0 Å². The van der Waals surface area contributed by atoms with Crippen molar-refractivity contribution in [3.63, 3.8) is 0 Å². The number of likely N-dealkylation sites (tertiary alicyclic amines) is 1. The summed E-state index contributed by atoms with van der Waals surface area (Å²) in [6, 6.07) is 1.29. The fourth-order valence-electron chi connectivity index (χ4n) is 1.75. The first-order valence-corrected chi connectivity index (χ1v) is 6.56. The van der Waals surface area contributed by atoms with Gasteiger partial charge >= 0.3 is 0 Å². The van der Waals surface area contributed by atoms with E-state index in [-0.39, 0.29) is 0 Å². The Bertz CT molecular complexity index is 176. The van der Waals surface area contributed by atoms with E-state index in [1.54, 1.807) is 6.26 Å². The second-order valence-electron chi connectivity index (χ2n) is 3.95. The van der Waals surface area contributed by atoms with E-state index in [0.29, 0.717) is 12.1 Å². The maximum Gasteiger partial charge on any atom is 0.0357 e. The van der Waals surface area contributed by atoms with Gasteiger partial charge in [-0.05, 0) is 20.4 Å². The van der Waals surface area contributed by atoms with Crippen molar-refractivity contribution >= 4 is 10.8 Å². The number of rotatable bonds is 4. The Labute approximate surface area is 83.3 Å². The highest BCUT2D eigenvalue weighted by Gasteiger charge is 2.25. The third-order valence-corrected chi connectivity index (χ3v) is 3.49. The molecule has 78 valence electrons. The maximum atomic E-state index is 10.8. The Morgan fingerprint density at radius 2 is 2.31 bits per heavy atom. The minimum atomic E-state index is -0.659. The van der Waals surface area contributed by atoms with E-state index in [1.807, 2.05) is 0 Å². The molecule has 1 saturated heterocycles. The molecule has 0 saturated carbocycles. The molecule has 0 aromatic rings. The third-order valence-electron chi connectivity index (χ3n) is 2.71. The minimum Gasteiger partial charge on any atom is -0.312 e. The molecular weight excluding hydrogens is 184 g/mol. The van der Waals surface area contributed by atoms with Crippen LogP contribution in [0.25, 0.3) is 0 Å². The molecule has 0 spiro atoms. The molecule has 1 heterocycles. The van der Waals surface area contributed by atoms with Gasteiger partial charge in [-0.2, -0.15) is 0 Å². The summed E-state index contributed by atoms with van der Waals surface area (Å²) in [4.78, 5) is 2.36. The van der Waals surface area contributed by atoms with Crippen LogP contribution < -0.4 is 5.32 Å². The van der Waals surface area contributed by atoms with E-state index in [4.69, 9.17) is 0 Å². The Morgan fingerprint density at radius 3 is 2.77 bits per heavy atom. The summed E-state index contributed by atoms with van der Waals surface area (Å²) in [6.45, 7) is 4.26. The van der Waals surface area contributed by atoms with Gasteiger partial charge in [-0.25, -0.2) is 0 Å². The summed E-state index contributed by atoms with van der Waals surface area (Å²) >= 11 is 0. The first-order valence-electron chi connectivity index (χ1n) is 4.83. The van der Waals surface area contributed by atoms with Gasteiger partial charge in [0.05, 0.1) is 0 Å². The molecule has 0 aromatic carbocycles. The van der Waals surface area contributed by atoms with Crippen molar-refractivity contribution in [1.29, 1.82) is 0 Å². The van der Waals surface area contributed by atoms with Crippen LogP contribution in [-0.4, -0.2) is 53.3 Å². The summed E-state index contributed by atoms with van der Waals surface area (Å²) in [5.74, 6) is 0.772. The molecule has 3 atom stereocenters. The van der Waals surface area contributed by atoms with Crippen LogP contribution in [-0.2, 0) is 10.8 Å². The first-order chi connectivity index (χ1) is 6.09. The fraction of sp³-hybridized carbons (Fsp3) is 1.00. The van der Waals surface area contributed by atoms with Crippen molar-refractivity contribution in [1.82, 2.24) is 10.2 Å². The average molecular weight is 204 g/mol. The minimum absolute atomic E-state index is 0.601.